The number of ether oxygens (including phenoxy) is 2. The van der Waals surface area contributed by atoms with Crippen LogP contribution < -0.4 is 5.73 Å². The lowest BCUT2D eigenvalue weighted by Gasteiger charge is -2.20. The largest absolute Gasteiger partial charge is 0.480 e. The number of aliphatic carboxylic acids is 1. The molecule has 0 heterocycles. The minimum absolute atomic E-state index is 0.0716. The number of carboxylic acid groups (broad SMARTS) is 1. The Morgan fingerprint density at radius 2 is 1.02 bits per heavy atom. The zero-order chi connectivity index (χ0) is 42.1. The fraction of sp³-hybridized carbons (Fsp3) is 0.705. The third kappa shape index (κ3) is 39.7. The number of allylic oxidation sites excluding steroid dienone is 10. The number of carbonyl (C=O) groups excluding carboxylic acids is 2. The number of rotatable bonds is 40. The van der Waals surface area contributed by atoms with Crippen molar-refractivity contribution in [2.24, 2.45) is 5.73 Å². The van der Waals surface area contributed by atoms with Crippen LogP contribution in [0.4, 0.5) is 0 Å². The maximum atomic E-state index is 12.6. The molecule has 0 aliphatic heterocycles. The van der Waals surface area contributed by atoms with Gasteiger partial charge in [-0.1, -0.05) is 125 Å². The zero-order valence-electron chi connectivity index (χ0n) is 34.9. The van der Waals surface area contributed by atoms with E-state index in [0.717, 1.165) is 83.5 Å². The Bertz CT molecular complexity index is 1200. The third-order valence-corrected chi connectivity index (χ3v) is 9.74. The molecule has 328 valence electrons. The Hall–Kier alpha value is -2.86. The number of aliphatic hydroxyl groups is 1. The number of carbonyl (C=O) groups is 3. The van der Waals surface area contributed by atoms with E-state index < -0.39 is 51.1 Å². The van der Waals surface area contributed by atoms with E-state index >= 15 is 0 Å². The number of hydrogen-bond acceptors (Lipinski definition) is 10. The minimum atomic E-state index is -4.74. The van der Waals surface area contributed by atoms with Gasteiger partial charge >= 0.3 is 25.7 Å². The summed E-state index contributed by atoms with van der Waals surface area (Å²) in [6.45, 7) is 0.726. The summed E-state index contributed by atoms with van der Waals surface area (Å²) in [7, 11) is -4.74. The monoisotopic (exact) mass is 826 g/mol. The third-order valence-electron chi connectivity index (χ3n) is 8.79. The number of phosphoric ester groups is 1. The number of carboxylic acids is 1. The summed E-state index contributed by atoms with van der Waals surface area (Å²) < 4.78 is 32.6. The molecule has 0 saturated carbocycles. The van der Waals surface area contributed by atoms with E-state index in [0.29, 0.717) is 19.3 Å². The molecule has 0 aromatic rings. The number of nitrogens with two attached hydrogens (primary N) is 1. The van der Waals surface area contributed by atoms with Crippen molar-refractivity contribution in [3.05, 3.63) is 60.8 Å². The SMILES string of the molecule is CCCCCCCC/C=C\CCCCCCCC(=O)OC[C@H](COP(=O)(O)OC[C@H](N)C(=O)O)OC(=O)CCC/C=C\C/C=C\C/C=C\C/C=C\CCCCCO. The molecule has 0 aliphatic rings. The molecule has 3 atom stereocenters. The van der Waals surface area contributed by atoms with Crippen molar-refractivity contribution in [3.8, 4) is 0 Å². The Morgan fingerprint density at radius 3 is 1.56 bits per heavy atom. The van der Waals surface area contributed by atoms with Gasteiger partial charge in [0.25, 0.3) is 0 Å². The second kappa shape index (κ2) is 39.9. The summed E-state index contributed by atoms with van der Waals surface area (Å²) in [6, 6.07) is -1.54. The number of esters is 2. The summed E-state index contributed by atoms with van der Waals surface area (Å²) >= 11 is 0. The Labute approximate surface area is 343 Å². The van der Waals surface area contributed by atoms with Crippen LogP contribution in [0.2, 0.25) is 0 Å². The van der Waals surface area contributed by atoms with Gasteiger partial charge in [0.05, 0.1) is 13.2 Å². The molecule has 12 nitrogen and oxygen atoms in total. The molecule has 0 aromatic heterocycles. The molecular weight excluding hydrogens is 749 g/mol. The lowest BCUT2D eigenvalue weighted by Crippen LogP contribution is -2.34. The second-order valence-corrected chi connectivity index (χ2v) is 15.6. The summed E-state index contributed by atoms with van der Waals surface area (Å²) in [5, 5.41) is 17.7. The van der Waals surface area contributed by atoms with Gasteiger partial charge in [0.1, 0.15) is 12.6 Å². The van der Waals surface area contributed by atoms with Gasteiger partial charge in [-0.05, 0) is 83.5 Å². The lowest BCUT2D eigenvalue weighted by molar-refractivity contribution is -0.161. The molecule has 0 radical (unpaired) electrons. The number of aliphatic hydroxyl groups excluding tert-OH is 1. The molecule has 1 unspecified atom stereocenters. The quantitative estimate of drug-likeness (QED) is 0.0198. The Kier molecular flexibility index (Phi) is 37.9. The van der Waals surface area contributed by atoms with Crippen LogP contribution in [-0.2, 0) is 37.5 Å². The van der Waals surface area contributed by atoms with E-state index in [1.165, 1.54) is 38.5 Å². The highest BCUT2D eigenvalue weighted by Gasteiger charge is 2.28. The summed E-state index contributed by atoms with van der Waals surface area (Å²) in [6.07, 6.45) is 43.0. The maximum Gasteiger partial charge on any atom is 0.472 e. The summed E-state index contributed by atoms with van der Waals surface area (Å²) in [5.41, 5.74) is 5.32. The first-order valence-electron chi connectivity index (χ1n) is 21.4. The number of phosphoric acid groups is 1. The van der Waals surface area contributed by atoms with Gasteiger partial charge in [-0.25, -0.2) is 4.57 Å². The van der Waals surface area contributed by atoms with Crippen molar-refractivity contribution in [2.75, 3.05) is 26.4 Å². The average Bonchev–Trinajstić information content (AvgIpc) is 3.19. The molecule has 0 aromatic carbocycles. The summed E-state index contributed by atoms with van der Waals surface area (Å²) in [5.74, 6) is -2.49. The van der Waals surface area contributed by atoms with Crippen molar-refractivity contribution < 1.29 is 52.6 Å². The minimum Gasteiger partial charge on any atom is -0.480 e. The van der Waals surface area contributed by atoms with E-state index in [1.54, 1.807) is 0 Å². The van der Waals surface area contributed by atoms with Crippen molar-refractivity contribution in [1.82, 2.24) is 0 Å². The van der Waals surface area contributed by atoms with E-state index in [4.69, 9.17) is 29.9 Å². The van der Waals surface area contributed by atoms with Crippen LogP contribution in [0, 0.1) is 0 Å². The van der Waals surface area contributed by atoms with Crippen LogP contribution in [0.25, 0.3) is 0 Å². The highest BCUT2D eigenvalue weighted by Crippen LogP contribution is 2.43. The smallest absolute Gasteiger partial charge is 0.472 e. The number of unbranched alkanes of at least 4 members (excludes halogenated alkanes) is 15. The topological polar surface area (TPSA) is 192 Å². The molecule has 5 N–H and O–H groups in total. The number of hydrogen-bond donors (Lipinski definition) is 4. The van der Waals surface area contributed by atoms with Gasteiger partial charge in [0, 0.05) is 19.4 Å². The van der Waals surface area contributed by atoms with Crippen molar-refractivity contribution in [2.45, 2.75) is 173 Å². The van der Waals surface area contributed by atoms with Gasteiger partial charge in [-0.15, -0.1) is 0 Å². The standard InChI is InChI=1S/C44H76NO11P/c1-2-3-4-5-6-7-8-9-13-16-19-22-25-28-31-34-42(47)53-37-40(38-54-57(51,52)55-39-41(45)44(49)50)56-43(48)35-32-29-26-23-20-17-14-11-10-12-15-18-21-24-27-30-33-36-46/h9-10,12-14,17-18,21,23,26,40-41,46H,2-8,11,15-16,19-20,22,24-25,27-39,45H2,1H3,(H,49,50)(H,51,52)/b12-10-,13-9-,17-14-,21-18-,26-23-/t40-,41+/m1/s1. The van der Waals surface area contributed by atoms with Crippen molar-refractivity contribution >= 4 is 25.7 Å². The molecule has 0 fully saturated rings. The highest BCUT2D eigenvalue weighted by atomic mass is 31.2. The first-order chi connectivity index (χ1) is 27.6. The first kappa shape index (κ1) is 54.1. The normalized spacial score (nSPS) is 14.3. The fourth-order valence-electron chi connectivity index (χ4n) is 5.38. The predicted octanol–water partition coefficient (Wildman–Crippen LogP) is 10.1. The molecule has 0 bridgehead atoms. The first-order valence-corrected chi connectivity index (χ1v) is 22.9. The van der Waals surface area contributed by atoms with E-state index in [1.807, 2.05) is 12.2 Å². The molecule has 0 amide bonds. The highest BCUT2D eigenvalue weighted by molar-refractivity contribution is 7.47. The Morgan fingerprint density at radius 1 is 0.579 bits per heavy atom. The van der Waals surface area contributed by atoms with Crippen LogP contribution >= 0.6 is 7.82 Å². The molecule has 13 heteroatoms. The van der Waals surface area contributed by atoms with Crippen LogP contribution in [-0.4, -0.2) is 71.6 Å². The van der Waals surface area contributed by atoms with Crippen LogP contribution in [0.1, 0.15) is 161 Å². The second-order valence-electron chi connectivity index (χ2n) is 14.2. The maximum absolute atomic E-state index is 12.6. The lowest BCUT2D eigenvalue weighted by atomic mass is 10.1. The van der Waals surface area contributed by atoms with Gasteiger partial charge in [-0.3, -0.25) is 23.4 Å². The average molecular weight is 826 g/mol. The molecule has 57 heavy (non-hydrogen) atoms. The van der Waals surface area contributed by atoms with Crippen molar-refractivity contribution in [1.29, 1.82) is 0 Å². The molecule has 0 saturated heterocycles. The van der Waals surface area contributed by atoms with E-state index in [9.17, 15) is 23.8 Å². The van der Waals surface area contributed by atoms with Gasteiger partial charge in [0.15, 0.2) is 6.10 Å². The molecule has 0 aliphatic carbocycles. The van der Waals surface area contributed by atoms with Gasteiger partial charge < -0.3 is 30.3 Å². The van der Waals surface area contributed by atoms with Crippen molar-refractivity contribution in [3.63, 3.8) is 0 Å². The van der Waals surface area contributed by atoms with Crippen LogP contribution in [0.15, 0.2) is 60.8 Å². The van der Waals surface area contributed by atoms with Gasteiger partial charge in [0.2, 0.25) is 0 Å². The molecule has 0 rings (SSSR count). The molecular formula is C44H76NO11P. The van der Waals surface area contributed by atoms with E-state index in [2.05, 4.69) is 60.1 Å². The fourth-order valence-corrected chi connectivity index (χ4v) is 6.16. The Balaban J connectivity index is 4.49. The zero-order valence-corrected chi connectivity index (χ0v) is 35.8. The van der Waals surface area contributed by atoms with Crippen LogP contribution in [0.3, 0.4) is 0 Å². The summed E-state index contributed by atoms with van der Waals surface area (Å²) in [4.78, 5) is 45.9. The predicted molar refractivity (Wildman–Crippen MR) is 227 cm³/mol. The van der Waals surface area contributed by atoms with Gasteiger partial charge in [-0.2, -0.15) is 0 Å². The van der Waals surface area contributed by atoms with E-state index in [-0.39, 0.29) is 26.1 Å². The molecule has 0 spiro atoms. The van der Waals surface area contributed by atoms with Crippen LogP contribution in [0.5, 0.6) is 0 Å².